The van der Waals surface area contributed by atoms with Crippen LogP contribution >= 0.6 is 0 Å². The Morgan fingerprint density at radius 1 is 0.600 bits per heavy atom. The molecule has 0 saturated carbocycles. The van der Waals surface area contributed by atoms with Gasteiger partial charge in [0.15, 0.2) is 5.84 Å². The molecule has 1 aromatic rings. The van der Waals surface area contributed by atoms with Gasteiger partial charge >= 0.3 is 0 Å². The standard InChI is InChI=1S/C22H14N8/c1-2-4-13(5-3-1)20-18-11-16-8-6-14(23-16)10-15-7-9-17(24-15)12-19-26-22(30-29-19)28-21(25-18)27-20/h1-12H,(H2,25,26,27,28,29,30). The van der Waals surface area contributed by atoms with E-state index in [1.807, 2.05) is 72.9 Å². The van der Waals surface area contributed by atoms with E-state index in [1.54, 1.807) is 0 Å². The zero-order chi connectivity index (χ0) is 19.9. The molecular formula is C22H14N8. The molecule has 0 amide bonds. The van der Waals surface area contributed by atoms with Crippen LogP contribution in [-0.2, 0) is 0 Å². The fourth-order valence-electron chi connectivity index (χ4n) is 3.35. The maximum absolute atomic E-state index is 4.67. The molecule has 8 bridgehead atoms. The van der Waals surface area contributed by atoms with E-state index in [0.29, 0.717) is 23.5 Å². The molecular weight excluding hydrogens is 376 g/mol. The first kappa shape index (κ1) is 16.5. The van der Waals surface area contributed by atoms with Crippen molar-refractivity contribution in [1.82, 2.24) is 10.9 Å². The molecule has 5 heterocycles. The molecule has 0 fully saturated rings. The Bertz CT molecular complexity index is 1310. The largest absolute Gasteiger partial charge is 0.282 e. The second-order valence-corrected chi connectivity index (χ2v) is 6.83. The number of amidine groups is 1. The number of aliphatic imine (C=N–C) groups is 6. The summed E-state index contributed by atoms with van der Waals surface area (Å²) in [5.74, 6) is 1.32. The second kappa shape index (κ2) is 6.56. The summed E-state index contributed by atoms with van der Waals surface area (Å²) in [7, 11) is 0. The van der Waals surface area contributed by atoms with Crippen LogP contribution in [0.4, 0.5) is 0 Å². The van der Waals surface area contributed by atoms with E-state index in [2.05, 4.69) is 40.8 Å². The van der Waals surface area contributed by atoms with Crippen LogP contribution in [0.3, 0.4) is 0 Å². The lowest BCUT2D eigenvalue weighted by Gasteiger charge is -2.01. The highest BCUT2D eigenvalue weighted by Crippen LogP contribution is 2.21. The van der Waals surface area contributed by atoms with Crippen molar-refractivity contribution in [2.75, 3.05) is 0 Å². The van der Waals surface area contributed by atoms with Gasteiger partial charge in [0.1, 0.15) is 5.71 Å². The number of hydrazine groups is 1. The lowest BCUT2D eigenvalue weighted by Crippen LogP contribution is -2.32. The van der Waals surface area contributed by atoms with Gasteiger partial charge in [-0.25, -0.2) is 20.0 Å². The zero-order valence-electron chi connectivity index (χ0n) is 15.6. The molecule has 0 radical (unpaired) electrons. The average Bonchev–Trinajstić information content (AvgIpc) is 3.53. The fourth-order valence-corrected chi connectivity index (χ4v) is 3.35. The van der Waals surface area contributed by atoms with Gasteiger partial charge in [0.2, 0.25) is 5.96 Å². The fraction of sp³-hybridized carbons (Fsp3) is 0. The number of allylic oxidation sites excluding steroid dienone is 7. The molecule has 0 aromatic heterocycles. The van der Waals surface area contributed by atoms with Crippen LogP contribution in [0.25, 0.3) is 0 Å². The topological polar surface area (TPSA) is 98.2 Å². The van der Waals surface area contributed by atoms with E-state index in [4.69, 9.17) is 0 Å². The van der Waals surface area contributed by atoms with E-state index in [9.17, 15) is 0 Å². The number of rotatable bonds is 1. The van der Waals surface area contributed by atoms with Crippen molar-refractivity contribution < 1.29 is 0 Å². The van der Waals surface area contributed by atoms with Crippen LogP contribution < -0.4 is 10.9 Å². The average molecular weight is 390 g/mol. The number of nitrogens with one attached hydrogen (secondary N) is 2. The highest BCUT2D eigenvalue weighted by molar-refractivity contribution is 6.25. The lowest BCUT2D eigenvalue weighted by atomic mass is 10.1. The predicted octanol–water partition coefficient (Wildman–Crippen LogP) is 2.39. The molecule has 0 spiro atoms. The number of benzene rings is 1. The van der Waals surface area contributed by atoms with Crippen molar-refractivity contribution in [3.63, 3.8) is 0 Å². The first-order valence-electron chi connectivity index (χ1n) is 9.40. The summed E-state index contributed by atoms with van der Waals surface area (Å²) in [5.41, 5.74) is 11.6. The Labute approximate surface area is 171 Å². The van der Waals surface area contributed by atoms with E-state index in [1.165, 1.54) is 0 Å². The summed E-state index contributed by atoms with van der Waals surface area (Å²) in [5, 5.41) is 0. The second-order valence-electron chi connectivity index (χ2n) is 6.83. The van der Waals surface area contributed by atoms with Crippen LogP contribution in [0, 0.1) is 0 Å². The smallest absolute Gasteiger partial charge is 0.253 e. The first-order chi connectivity index (χ1) is 14.8. The molecule has 6 rings (SSSR count). The van der Waals surface area contributed by atoms with Crippen molar-refractivity contribution in [2.45, 2.75) is 0 Å². The van der Waals surface area contributed by atoms with Crippen molar-refractivity contribution >= 4 is 34.9 Å². The maximum Gasteiger partial charge on any atom is 0.253 e. The van der Waals surface area contributed by atoms with Gasteiger partial charge < -0.3 is 0 Å². The molecule has 5 aliphatic rings. The molecule has 1 aromatic carbocycles. The van der Waals surface area contributed by atoms with Gasteiger partial charge in [0, 0.05) is 11.6 Å². The van der Waals surface area contributed by atoms with Gasteiger partial charge in [0.25, 0.3) is 5.96 Å². The summed E-state index contributed by atoms with van der Waals surface area (Å²) in [6.07, 6.45) is 13.5. The van der Waals surface area contributed by atoms with Gasteiger partial charge in [-0.15, -0.1) is 0 Å². The molecule has 2 N–H and O–H groups in total. The van der Waals surface area contributed by atoms with Crippen molar-refractivity contribution in [3.8, 4) is 0 Å². The number of nitrogens with zero attached hydrogens (tertiary/aromatic N) is 6. The summed E-state index contributed by atoms with van der Waals surface area (Å²) < 4.78 is 0. The number of guanidine groups is 2. The molecule has 30 heavy (non-hydrogen) atoms. The molecule has 8 nitrogen and oxygen atoms in total. The van der Waals surface area contributed by atoms with Crippen LogP contribution in [0.5, 0.6) is 0 Å². The van der Waals surface area contributed by atoms with Crippen molar-refractivity contribution in [3.05, 3.63) is 95.5 Å². The summed E-state index contributed by atoms with van der Waals surface area (Å²) in [4.78, 5) is 27.4. The molecule has 0 atom stereocenters. The lowest BCUT2D eigenvalue weighted by molar-refractivity contribution is 0.899. The van der Waals surface area contributed by atoms with Crippen LogP contribution in [0.15, 0.2) is 120 Å². The zero-order valence-corrected chi connectivity index (χ0v) is 15.6. The van der Waals surface area contributed by atoms with Gasteiger partial charge in [-0.2, -0.15) is 9.98 Å². The highest BCUT2D eigenvalue weighted by Gasteiger charge is 2.21. The molecule has 142 valence electrons. The third-order valence-electron chi connectivity index (χ3n) is 4.69. The Morgan fingerprint density at radius 3 is 2.20 bits per heavy atom. The monoisotopic (exact) mass is 390 g/mol. The minimum Gasteiger partial charge on any atom is -0.282 e. The quantitative estimate of drug-likeness (QED) is 0.770. The van der Waals surface area contributed by atoms with E-state index in [0.717, 1.165) is 34.1 Å². The number of hydrogen-bond donors (Lipinski definition) is 2. The summed E-state index contributed by atoms with van der Waals surface area (Å²) >= 11 is 0. The summed E-state index contributed by atoms with van der Waals surface area (Å²) in [6, 6.07) is 9.91. The minimum absolute atomic E-state index is 0.327. The molecule has 8 heteroatoms. The Morgan fingerprint density at radius 2 is 1.37 bits per heavy atom. The van der Waals surface area contributed by atoms with E-state index < -0.39 is 0 Å². The Balaban J connectivity index is 1.50. The van der Waals surface area contributed by atoms with Crippen LogP contribution in [0.1, 0.15) is 5.56 Å². The van der Waals surface area contributed by atoms with E-state index >= 15 is 0 Å². The van der Waals surface area contributed by atoms with Crippen LogP contribution in [0.2, 0.25) is 0 Å². The Kier molecular flexibility index (Phi) is 3.60. The maximum atomic E-state index is 4.67. The normalized spacial score (nSPS) is 20.7. The van der Waals surface area contributed by atoms with Crippen molar-refractivity contribution in [2.24, 2.45) is 30.0 Å². The minimum atomic E-state index is 0.327. The van der Waals surface area contributed by atoms with Gasteiger partial charge in [-0.05, 0) is 36.5 Å². The molecule has 0 aliphatic carbocycles. The third kappa shape index (κ3) is 3.06. The molecule has 5 aliphatic heterocycles. The third-order valence-corrected chi connectivity index (χ3v) is 4.69. The first-order valence-corrected chi connectivity index (χ1v) is 9.40. The van der Waals surface area contributed by atoms with E-state index in [-0.39, 0.29) is 0 Å². The molecule has 0 unspecified atom stereocenters. The SMILES string of the molecule is C1=CC2=NC1=CC1=NC(=NC3=NC(=CC4=NC(=C2)C=C4)C(c2ccccc2)=N3)NN1. The summed E-state index contributed by atoms with van der Waals surface area (Å²) in [6.45, 7) is 0. The van der Waals surface area contributed by atoms with Gasteiger partial charge in [0.05, 0.1) is 28.5 Å². The number of hydrogen-bond acceptors (Lipinski definition) is 8. The molecule has 0 saturated heterocycles. The number of fused-ring (bicyclic) bond motifs is 4. The van der Waals surface area contributed by atoms with Crippen molar-refractivity contribution in [1.29, 1.82) is 0 Å². The van der Waals surface area contributed by atoms with Gasteiger partial charge in [-0.1, -0.05) is 30.3 Å². The highest BCUT2D eigenvalue weighted by atomic mass is 15.5. The van der Waals surface area contributed by atoms with Crippen LogP contribution in [-0.4, -0.2) is 34.9 Å². The van der Waals surface area contributed by atoms with Gasteiger partial charge in [-0.3, -0.25) is 10.9 Å². The predicted molar refractivity (Wildman–Crippen MR) is 119 cm³/mol. The Hall–Kier alpha value is -4.46.